The zero-order valence-corrected chi connectivity index (χ0v) is 30.2. The van der Waals surface area contributed by atoms with Gasteiger partial charge in [-0.15, -0.1) is 11.3 Å². The molecule has 0 aliphatic carbocycles. The zero-order valence-electron chi connectivity index (χ0n) is 29.4. The number of fused-ring (bicyclic) bond motifs is 13. The van der Waals surface area contributed by atoms with E-state index in [0.717, 1.165) is 38.9 Å². The molecule has 0 radical (unpaired) electrons. The predicted octanol–water partition coefficient (Wildman–Crippen LogP) is 14.0. The molecule has 5 heterocycles. The molecule has 7 aromatic carbocycles. The summed E-state index contributed by atoms with van der Waals surface area (Å²) in [6, 6.07) is 62.5. The second kappa shape index (κ2) is 11.7. The van der Waals surface area contributed by atoms with E-state index >= 15 is 0 Å². The minimum absolute atomic E-state index is 0.672. The minimum Gasteiger partial charge on any atom is -0.452 e. The van der Waals surface area contributed by atoms with Crippen molar-refractivity contribution >= 4 is 80.9 Å². The van der Waals surface area contributed by atoms with Gasteiger partial charge in [-0.05, 0) is 52.4 Å². The SMILES string of the molecule is c1ccc(-c2nc(-c3ccc(-c4ccc5c(c4)c4c6ccccc6sc4n4c6ccccc6c(-c6ccccc6)c54)cc3)nc3c2oc2ccccc23)cc1. The van der Waals surface area contributed by atoms with Crippen LogP contribution in [0.5, 0.6) is 0 Å². The molecule has 0 unspecified atom stereocenters. The third-order valence-electron chi connectivity index (χ3n) is 11.0. The van der Waals surface area contributed by atoms with Gasteiger partial charge in [0, 0.05) is 48.3 Å². The van der Waals surface area contributed by atoms with Gasteiger partial charge in [-0.25, -0.2) is 9.97 Å². The van der Waals surface area contributed by atoms with Crippen LogP contribution in [-0.4, -0.2) is 14.4 Å². The molecule has 12 aromatic rings. The number of furan rings is 1. The van der Waals surface area contributed by atoms with Crippen molar-refractivity contribution < 1.29 is 4.42 Å². The van der Waals surface area contributed by atoms with Crippen LogP contribution in [0, 0.1) is 0 Å². The molecule has 55 heavy (non-hydrogen) atoms. The van der Waals surface area contributed by atoms with Crippen LogP contribution in [0.4, 0.5) is 0 Å². The lowest BCUT2D eigenvalue weighted by molar-refractivity contribution is 0.667. The normalized spacial score (nSPS) is 12.0. The summed E-state index contributed by atoms with van der Waals surface area (Å²) >= 11 is 1.87. The summed E-state index contributed by atoms with van der Waals surface area (Å²) in [7, 11) is 0. The Labute approximate surface area is 319 Å². The fraction of sp³-hybridized carbons (Fsp3) is 0. The van der Waals surface area contributed by atoms with Gasteiger partial charge in [-0.1, -0.05) is 146 Å². The van der Waals surface area contributed by atoms with Crippen LogP contribution in [0.1, 0.15) is 0 Å². The van der Waals surface area contributed by atoms with Crippen molar-refractivity contribution in [3.63, 3.8) is 0 Å². The van der Waals surface area contributed by atoms with Crippen LogP contribution in [-0.2, 0) is 0 Å². The van der Waals surface area contributed by atoms with Gasteiger partial charge in [-0.3, -0.25) is 4.40 Å². The lowest BCUT2D eigenvalue weighted by Crippen LogP contribution is -1.94. The number of nitrogens with zero attached hydrogens (tertiary/aromatic N) is 3. The van der Waals surface area contributed by atoms with Crippen LogP contribution in [0.15, 0.2) is 180 Å². The molecule has 0 aliphatic rings. The highest BCUT2D eigenvalue weighted by atomic mass is 32.1. The molecule has 0 amide bonds. The number of para-hydroxylation sites is 2. The van der Waals surface area contributed by atoms with Crippen LogP contribution in [0.25, 0.3) is 114 Å². The van der Waals surface area contributed by atoms with E-state index in [0.29, 0.717) is 11.4 Å². The Kier molecular flexibility index (Phi) is 6.47. The topological polar surface area (TPSA) is 43.3 Å². The van der Waals surface area contributed by atoms with E-state index in [4.69, 9.17) is 14.4 Å². The monoisotopic (exact) mass is 719 g/mol. The molecule has 0 atom stereocenters. The molecule has 4 nitrogen and oxygen atoms in total. The second-order valence-corrected chi connectivity index (χ2v) is 15.1. The van der Waals surface area contributed by atoms with Crippen molar-refractivity contribution in [2.75, 3.05) is 0 Å². The van der Waals surface area contributed by atoms with E-state index in [2.05, 4.69) is 144 Å². The fourth-order valence-corrected chi connectivity index (χ4v) is 9.75. The standard InChI is InChI=1S/C50H29N3OS/c1-3-13-31(14-4-1)43-36-17-7-10-20-40(36)53-47(43)35-28-27-34(29-39(35)44-38-19-9-12-22-42(38)55-50(44)53)30-23-25-33(26-24-30)49-51-45(32-15-5-2-6-16-32)48-46(52-49)37-18-8-11-21-41(37)54-48/h1-29H. The van der Waals surface area contributed by atoms with Gasteiger partial charge in [0.25, 0.3) is 0 Å². The van der Waals surface area contributed by atoms with Crippen molar-refractivity contribution in [2.24, 2.45) is 0 Å². The first kappa shape index (κ1) is 30.4. The van der Waals surface area contributed by atoms with Crippen molar-refractivity contribution in [1.82, 2.24) is 14.4 Å². The number of pyridine rings is 1. The highest BCUT2D eigenvalue weighted by Crippen LogP contribution is 2.47. The number of benzene rings is 7. The van der Waals surface area contributed by atoms with Crippen LogP contribution in [0.3, 0.4) is 0 Å². The van der Waals surface area contributed by atoms with Gasteiger partial charge in [-0.2, -0.15) is 0 Å². The first-order chi connectivity index (χ1) is 27.3. The molecule has 5 aromatic heterocycles. The number of aromatic nitrogens is 3. The second-order valence-electron chi connectivity index (χ2n) is 14.1. The Hall–Kier alpha value is -7.08. The number of rotatable bonds is 4. The summed E-state index contributed by atoms with van der Waals surface area (Å²) in [6.45, 7) is 0. The van der Waals surface area contributed by atoms with E-state index in [1.54, 1.807) is 0 Å². The largest absolute Gasteiger partial charge is 0.452 e. The van der Waals surface area contributed by atoms with Gasteiger partial charge in [0.1, 0.15) is 21.6 Å². The highest BCUT2D eigenvalue weighted by molar-refractivity contribution is 7.25. The zero-order chi connectivity index (χ0) is 36.0. The average molecular weight is 720 g/mol. The maximum atomic E-state index is 6.34. The van der Waals surface area contributed by atoms with Crippen LogP contribution >= 0.6 is 11.3 Å². The lowest BCUT2D eigenvalue weighted by Gasteiger charge is -2.12. The molecule has 0 bridgehead atoms. The molecule has 12 rings (SSSR count). The summed E-state index contributed by atoms with van der Waals surface area (Å²) in [6.07, 6.45) is 0. The Balaban J connectivity index is 1.07. The molecule has 0 fully saturated rings. The minimum atomic E-state index is 0.672. The van der Waals surface area contributed by atoms with E-state index in [-0.39, 0.29) is 0 Å². The quantitative estimate of drug-likeness (QED) is 0.182. The first-order valence-corrected chi connectivity index (χ1v) is 19.3. The molecular weight excluding hydrogens is 691 g/mol. The highest BCUT2D eigenvalue weighted by Gasteiger charge is 2.23. The van der Waals surface area contributed by atoms with Gasteiger partial charge in [0.05, 0.1) is 11.0 Å². The molecule has 256 valence electrons. The smallest absolute Gasteiger partial charge is 0.180 e. The van der Waals surface area contributed by atoms with Crippen LogP contribution < -0.4 is 0 Å². The molecule has 0 saturated heterocycles. The van der Waals surface area contributed by atoms with Gasteiger partial charge < -0.3 is 4.42 Å². The Bertz CT molecular complexity index is 3470. The molecule has 0 saturated carbocycles. The third kappa shape index (κ3) is 4.51. The Morgan fingerprint density at radius 2 is 1.13 bits per heavy atom. The maximum Gasteiger partial charge on any atom is 0.180 e. The number of thiophene rings is 1. The summed E-state index contributed by atoms with van der Waals surface area (Å²) in [5.74, 6) is 0.672. The number of hydrogen-bond donors (Lipinski definition) is 0. The molecule has 5 heteroatoms. The molecule has 0 aliphatic heterocycles. The predicted molar refractivity (Wildman–Crippen MR) is 230 cm³/mol. The summed E-state index contributed by atoms with van der Waals surface area (Å²) in [4.78, 5) is 11.5. The van der Waals surface area contributed by atoms with E-state index in [1.165, 1.54) is 64.2 Å². The van der Waals surface area contributed by atoms with E-state index in [9.17, 15) is 0 Å². The van der Waals surface area contributed by atoms with Gasteiger partial charge in [0.2, 0.25) is 0 Å². The Morgan fingerprint density at radius 1 is 0.473 bits per heavy atom. The van der Waals surface area contributed by atoms with E-state index < -0.39 is 0 Å². The lowest BCUT2D eigenvalue weighted by atomic mass is 9.95. The van der Waals surface area contributed by atoms with Crippen molar-refractivity contribution in [1.29, 1.82) is 0 Å². The van der Waals surface area contributed by atoms with Crippen LogP contribution in [0.2, 0.25) is 0 Å². The fourth-order valence-electron chi connectivity index (χ4n) is 8.51. The average Bonchev–Trinajstić information content (AvgIpc) is 3.94. The molecule has 0 N–H and O–H groups in total. The van der Waals surface area contributed by atoms with Gasteiger partial charge >= 0.3 is 0 Å². The maximum absolute atomic E-state index is 6.34. The van der Waals surface area contributed by atoms with Gasteiger partial charge in [0.15, 0.2) is 11.4 Å². The number of hydrogen-bond acceptors (Lipinski definition) is 4. The molecular formula is C50H29N3OS. The Morgan fingerprint density at radius 3 is 1.95 bits per heavy atom. The van der Waals surface area contributed by atoms with Crippen molar-refractivity contribution in [2.45, 2.75) is 0 Å². The van der Waals surface area contributed by atoms with Crippen molar-refractivity contribution in [3.8, 4) is 44.9 Å². The summed E-state index contributed by atoms with van der Waals surface area (Å²) in [5.41, 5.74) is 12.4. The third-order valence-corrected chi connectivity index (χ3v) is 12.2. The first-order valence-electron chi connectivity index (χ1n) is 18.5. The van der Waals surface area contributed by atoms with E-state index in [1.807, 2.05) is 47.7 Å². The summed E-state index contributed by atoms with van der Waals surface area (Å²) < 4.78 is 10.1. The summed E-state index contributed by atoms with van der Waals surface area (Å²) in [5, 5.41) is 7.33. The molecule has 0 spiro atoms. The van der Waals surface area contributed by atoms with Crippen molar-refractivity contribution in [3.05, 3.63) is 176 Å².